The molecule has 5 heteroatoms. The van der Waals surface area contributed by atoms with Gasteiger partial charge in [0.25, 0.3) is 5.56 Å². The molecule has 1 aromatic heterocycles. The van der Waals surface area contributed by atoms with E-state index in [0.717, 1.165) is 16.2 Å². The van der Waals surface area contributed by atoms with E-state index in [0.29, 0.717) is 16.6 Å². The minimum Gasteiger partial charge on any atom is -0.310 e. The number of halogens is 1. The van der Waals surface area contributed by atoms with Crippen LogP contribution in [0.5, 0.6) is 0 Å². The molecule has 0 spiro atoms. The predicted molar refractivity (Wildman–Crippen MR) is 84.7 cm³/mol. The van der Waals surface area contributed by atoms with Gasteiger partial charge in [0.2, 0.25) is 0 Å². The fourth-order valence-corrected chi connectivity index (χ4v) is 3.19. The third-order valence-electron chi connectivity index (χ3n) is 2.94. The average Bonchev–Trinajstić information content (AvgIpc) is 2.35. The van der Waals surface area contributed by atoms with Gasteiger partial charge in [-0.1, -0.05) is 31.5 Å². The van der Waals surface area contributed by atoms with Crippen LogP contribution in [0.3, 0.4) is 0 Å². The fraction of sp³-hybridized carbons (Fsp3) is 0.333. The Labute approximate surface area is 127 Å². The molecule has 0 radical (unpaired) electrons. The quantitative estimate of drug-likeness (QED) is 0.863. The highest BCUT2D eigenvalue weighted by Gasteiger charge is 2.11. The Morgan fingerprint density at radius 3 is 2.75 bits per heavy atom. The normalized spacial score (nSPS) is 11.1. The van der Waals surface area contributed by atoms with Crippen LogP contribution < -0.4 is 5.56 Å². The Balaban J connectivity index is 2.17. The van der Waals surface area contributed by atoms with Crippen molar-refractivity contribution >= 4 is 23.4 Å². The van der Waals surface area contributed by atoms with Crippen LogP contribution in [-0.2, 0) is 5.75 Å². The second-order valence-electron chi connectivity index (χ2n) is 4.91. The Kier molecular flexibility index (Phi) is 4.89. The molecule has 1 N–H and O–H groups in total. The second-order valence-corrected chi connectivity index (χ2v) is 6.40. The molecule has 1 aromatic carbocycles. The fourth-order valence-electron chi connectivity index (χ4n) is 2.11. The van der Waals surface area contributed by atoms with Gasteiger partial charge in [0.1, 0.15) is 5.82 Å². The lowest BCUT2D eigenvalue weighted by Crippen LogP contribution is -2.19. The standard InChI is InChI=1S/C15H17ClN2OS/c1-9(2)14-10(3)17-13(18-15(14)19)8-20-12-6-4-5-11(16)7-12/h4-7,9H,8H2,1-3H3,(H,17,18,19). The Hall–Kier alpha value is -1.26. The van der Waals surface area contributed by atoms with Crippen molar-refractivity contribution in [3.63, 3.8) is 0 Å². The first-order valence-corrected chi connectivity index (χ1v) is 7.81. The number of thioether (sulfide) groups is 1. The molecule has 0 fully saturated rings. The third kappa shape index (κ3) is 3.64. The Morgan fingerprint density at radius 2 is 2.15 bits per heavy atom. The maximum Gasteiger partial charge on any atom is 0.254 e. The first kappa shape index (κ1) is 15.1. The summed E-state index contributed by atoms with van der Waals surface area (Å²) < 4.78 is 0. The van der Waals surface area contributed by atoms with E-state index in [2.05, 4.69) is 9.97 Å². The van der Waals surface area contributed by atoms with Crippen LogP contribution >= 0.6 is 23.4 Å². The van der Waals surface area contributed by atoms with Crippen molar-refractivity contribution in [2.45, 2.75) is 37.3 Å². The maximum absolute atomic E-state index is 12.0. The summed E-state index contributed by atoms with van der Waals surface area (Å²) >= 11 is 7.55. The molecule has 1 heterocycles. The number of hydrogen-bond donors (Lipinski definition) is 1. The molecule has 3 nitrogen and oxygen atoms in total. The van der Waals surface area contributed by atoms with Crippen LogP contribution in [-0.4, -0.2) is 9.97 Å². The highest BCUT2D eigenvalue weighted by molar-refractivity contribution is 7.98. The summed E-state index contributed by atoms with van der Waals surface area (Å²) in [5.41, 5.74) is 1.54. The SMILES string of the molecule is Cc1nc(CSc2cccc(Cl)c2)[nH]c(=O)c1C(C)C. The van der Waals surface area contributed by atoms with Gasteiger partial charge in [-0.2, -0.15) is 0 Å². The number of aromatic nitrogens is 2. The molecular formula is C15H17ClN2OS. The molecule has 0 atom stereocenters. The molecule has 0 aliphatic heterocycles. The number of nitrogens with zero attached hydrogens (tertiary/aromatic N) is 1. The zero-order valence-electron chi connectivity index (χ0n) is 11.7. The zero-order chi connectivity index (χ0) is 14.7. The van der Waals surface area contributed by atoms with Crippen molar-refractivity contribution in [3.8, 4) is 0 Å². The molecule has 0 saturated carbocycles. The van der Waals surface area contributed by atoms with Crippen molar-refractivity contribution in [2.75, 3.05) is 0 Å². The smallest absolute Gasteiger partial charge is 0.254 e. The highest BCUT2D eigenvalue weighted by Crippen LogP contribution is 2.24. The molecule has 2 aromatic rings. The summed E-state index contributed by atoms with van der Waals surface area (Å²) in [5.74, 6) is 1.50. The number of nitrogens with one attached hydrogen (secondary N) is 1. The number of benzene rings is 1. The van der Waals surface area contributed by atoms with Crippen molar-refractivity contribution in [1.29, 1.82) is 0 Å². The lowest BCUT2D eigenvalue weighted by molar-refractivity contribution is 0.799. The minimum atomic E-state index is -0.0332. The summed E-state index contributed by atoms with van der Waals surface area (Å²) in [7, 11) is 0. The van der Waals surface area contributed by atoms with E-state index in [1.165, 1.54) is 0 Å². The van der Waals surface area contributed by atoms with Crippen LogP contribution in [0.25, 0.3) is 0 Å². The zero-order valence-corrected chi connectivity index (χ0v) is 13.3. The molecule has 0 aliphatic carbocycles. The number of aromatic amines is 1. The van der Waals surface area contributed by atoms with E-state index in [-0.39, 0.29) is 11.5 Å². The summed E-state index contributed by atoms with van der Waals surface area (Å²) in [6.45, 7) is 5.89. The van der Waals surface area contributed by atoms with Crippen LogP contribution in [0.1, 0.15) is 36.8 Å². The van der Waals surface area contributed by atoms with Crippen LogP contribution in [0.4, 0.5) is 0 Å². The average molecular weight is 309 g/mol. The van der Waals surface area contributed by atoms with Gasteiger partial charge >= 0.3 is 0 Å². The van der Waals surface area contributed by atoms with Crippen molar-refractivity contribution < 1.29 is 0 Å². The van der Waals surface area contributed by atoms with E-state index < -0.39 is 0 Å². The van der Waals surface area contributed by atoms with E-state index >= 15 is 0 Å². The molecule has 0 unspecified atom stereocenters. The molecule has 0 amide bonds. The Bertz CT molecular complexity index is 667. The lowest BCUT2D eigenvalue weighted by Gasteiger charge is -2.09. The summed E-state index contributed by atoms with van der Waals surface area (Å²) in [6.07, 6.45) is 0. The summed E-state index contributed by atoms with van der Waals surface area (Å²) in [6, 6.07) is 7.64. The molecule has 20 heavy (non-hydrogen) atoms. The number of aryl methyl sites for hydroxylation is 1. The van der Waals surface area contributed by atoms with Crippen LogP contribution in [0.15, 0.2) is 34.0 Å². The molecule has 0 aliphatic rings. The number of H-pyrrole nitrogens is 1. The van der Waals surface area contributed by atoms with Crippen molar-refractivity contribution in [2.24, 2.45) is 0 Å². The van der Waals surface area contributed by atoms with E-state index in [1.54, 1.807) is 11.8 Å². The minimum absolute atomic E-state index is 0.0332. The van der Waals surface area contributed by atoms with E-state index in [4.69, 9.17) is 11.6 Å². The van der Waals surface area contributed by atoms with E-state index in [1.807, 2.05) is 45.0 Å². The molecule has 0 saturated heterocycles. The van der Waals surface area contributed by atoms with Crippen molar-refractivity contribution in [1.82, 2.24) is 9.97 Å². The monoisotopic (exact) mass is 308 g/mol. The molecular weight excluding hydrogens is 292 g/mol. The van der Waals surface area contributed by atoms with Gasteiger partial charge in [0.15, 0.2) is 0 Å². The first-order valence-electron chi connectivity index (χ1n) is 6.45. The van der Waals surface area contributed by atoms with Gasteiger partial charge in [-0.15, -0.1) is 11.8 Å². The molecule has 106 valence electrons. The summed E-state index contributed by atoms with van der Waals surface area (Å²) in [5, 5.41) is 0.711. The van der Waals surface area contributed by atoms with E-state index in [9.17, 15) is 4.79 Å². The first-order chi connectivity index (χ1) is 9.47. The molecule has 2 rings (SSSR count). The Morgan fingerprint density at radius 1 is 1.40 bits per heavy atom. The van der Waals surface area contributed by atoms with Crippen molar-refractivity contribution in [3.05, 3.63) is 56.7 Å². The third-order valence-corrected chi connectivity index (χ3v) is 4.18. The maximum atomic E-state index is 12.0. The van der Waals surface area contributed by atoms with Gasteiger partial charge < -0.3 is 4.98 Å². The van der Waals surface area contributed by atoms with Crippen LogP contribution in [0, 0.1) is 6.92 Å². The summed E-state index contributed by atoms with van der Waals surface area (Å²) in [4.78, 5) is 20.4. The topological polar surface area (TPSA) is 45.8 Å². The van der Waals surface area contributed by atoms with Gasteiger partial charge in [-0.3, -0.25) is 4.79 Å². The van der Waals surface area contributed by atoms with Gasteiger partial charge in [-0.25, -0.2) is 4.98 Å². The number of hydrogen-bond acceptors (Lipinski definition) is 3. The molecule has 0 bridgehead atoms. The predicted octanol–water partition coefficient (Wildman–Crippen LogP) is 4.15. The lowest BCUT2D eigenvalue weighted by atomic mass is 10.0. The highest BCUT2D eigenvalue weighted by atomic mass is 35.5. The van der Waals surface area contributed by atoms with Gasteiger partial charge in [0.05, 0.1) is 5.75 Å². The van der Waals surface area contributed by atoms with Crippen LogP contribution in [0.2, 0.25) is 5.02 Å². The second kappa shape index (κ2) is 6.46. The largest absolute Gasteiger partial charge is 0.310 e. The van der Waals surface area contributed by atoms with Gasteiger partial charge in [-0.05, 0) is 31.0 Å². The number of rotatable bonds is 4. The van der Waals surface area contributed by atoms with Gasteiger partial charge in [0, 0.05) is 21.2 Å².